The van der Waals surface area contributed by atoms with E-state index in [2.05, 4.69) is 16.5 Å². The molecule has 4 nitrogen and oxygen atoms in total. The zero-order valence-electron chi connectivity index (χ0n) is 13.6. The predicted molar refractivity (Wildman–Crippen MR) is 103 cm³/mol. The molecule has 0 aliphatic heterocycles. The number of nitrogen functional groups attached to an aromatic ring is 1. The molecule has 0 unspecified atom stereocenters. The van der Waals surface area contributed by atoms with Crippen LogP contribution in [0.15, 0.2) is 73.3 Å². The Kier molecular flexibility index (Phi) is 3.71. The fourth-order valence-electron chi connectivity index (χ4n) is 2.78. The molecule has 25 heavy (non-hydrogen) atoms. The van der Waals surface area contributed by atoms with E-state index in [0.717, 1.165) is 39.1 Å². The third kappa shape index (κ3) is 2.85. The van der Waals surface area contributed by atoms with Crippen LogP contribution in [0.4, 0.5) is 5.95 Å². The molecular weight excluding hydrogens is 308 g/mol. The Labute approximate surface area is 145 Å². The van der Waals surface area contributed by atoms with Gasteiger partial charge < -0.3 is 5.73 Å². The van der Waals surface area contributed by atoms with Crippen LogP contribution in [0, 0.1) is 0 Å². The molecule has 4 heteroatoms. The maximum Gasteiger partial charge on any atom is 0.221 e. The number of hydrogen-bond donors (Lipinski definition) is 1. The largest absolute Gasteiger partial charge is 0.368 e. The molecule has 2 aromatic carbocycles. The first kappa shape index (κ1) is 15.0. The molecule has 0 saturated heterocycles. The fourth-order valence-corrected chi connectivity index (χ4v) is 2.78. The van der Waals surface area contributed by atoms with Crippen LogP contribution in [-0.2, 0) is 0 Å². The van der Waals surface area contributed by atoms with E-state index in [1.165, 1.54) is 0 Å². The Morgan fingerprint density at radius 3 is 2.24 bits per heavy atom. The van der Waals surface area contributed by atoms with Gasteiger partial charge in [-0.1, -0.05) is 67.3 Å². The van der Waals surface area contributed by atoms with E-state index < -0.39 is 0 Å². The van der Waals surface area contributed by atoms with Crippen LogP contribution in [-0.4, -0.2) is 15.0 Å². The third-order valence-electron chi connectivity index (χ3n) is 4.05. The molecule has 0 amide bonds. The summed E-state index contributed by atoms with van der Waals surface area (Å²) in [5.74, 6) is 0.247. The van der Waals surface area contributed by atoms with Gasteiger partial charge in [0.25, 0.3) is 0 Å². The average Bonchev–Trinajstić information content (AvgIpc) is 2.68. The molecular formula is C21H16N4. The van der Waals surface area contributed by atoms with E-state index in [1.807, 2.05) is 72.8 Å². The van der Waals surface area contributed by atoms with E-state index in [9.17, 15) is 0 Å². The summed E-state index contributed by atoms with van der Waals surface area (Å²) in [6.07, 6.45) is 1.82. The number of nitrogens with zero attached hydrogens (tertiary/aromatic N) is 3. The lowest BCUT2D eigenvalue weighted by Gasteiger charge is -2.08. The summed E-state index contributed by atoms with van der Waals surface area (Å²) in [6, 6.07) is 21.9. The van der Waals surface area contributed by atoms with Gasteiger partial charge in [0.15, 0.2) is 0 Å². The van der Waals surface area contributed by atoms with Crippen molar-refractivity contribution in [1.82, 2.24) is 15.0 Å². The second-order valence-electron chi connectivity index (χ2n) is 5.69. The topological polar surface area (TPSA) is 64.7 Å². The van der Waals surface area contributed by atoms with Gasteiger partial charge in [0.05, 0.1) is 11.2 Å². The van der Waals surface area contributed by atoms with Crippen molar-refractivity contribution in [2.24, 2.45) is 0 Å². The number of fused-ring (bicyclic) bond motifs is 1. The van der Waals surface area contributed by atoms with E-state index in [0.29, 0.717) is 0 Å². The minimum atomic E-state index is 0.247. The molecule has 0 fully saturated rings. The van der Waals surface area contributed by atoms with E-state index >= 15 is 0 Å². The number of benzene rings is 2. The Hall–Kier alpha value is -3.53. The van der Waals surface area contributed by atoms with Crippen LogP contribution in [0.25, 0.3) is 39.6 Å². The first-order valence-electron chi connectivity index (χ1n) is 7.97. The van der Waals surface area contributed by atoms with Gasteiger partial charge in [0.2, 0.25) is 5.95 Å². The third-order valence-corrected chi connectivity index (χ3v) is 4.05. The summed E-state index contributed by atoms with van der Waals surface area (Å²) in [4.78, 5) is 13.6. The second kappa shape index (κ2) is 6.17. The standard InChI is InChI=1S/C21H16N4/c1-2-14-8-10-15(11-9-14)17-12-13-18-20(23-17)19(25-21(22)24-18)16-6-4-3-5-7-16/h2-13H,1H2,(H2,22,24,25). The number of rotatable bonds is 3. The van der Waals surface area contributed by atoms with Crippen LogP contribution < -0.4 is 5.73 Å². The smallest absolute Gasteiger partial charge is 0.221 e. The summed E-state index contributed by atoms with van der Waals surface area (Å²) < 4.78 is 0. The fraction of sp³-hybridized carbons (Fsp3) is 0. The van der Waals surface area contributed by atoms with E-state index in [-0.39, 0.29) is 5.95 Å². The van der Waals surface area contributed by atoms with Crippen molar-refractivity contribution in [2.45, 2.75) is 0 Å². The first-order valence-corrected chi connectivity index (χ1v) is 7.97. The highest BCUT2D eigenvalue weighted by Crippen LogP contribution is 2.28. The van der Waals surface area contributed by atoms with E-state index in [4.69, 9.17) is 10.7 Å². The lowest BCUT2D eigenvalue weighted by Crippen LogP contribution is -2.00. The normalized spacial score (nSPS) is 10.7. The molecule has 0 saturated carbocycles. The number of pyridine rings is 1. The van der Waals surface area contributed by atoms with Crippen LogP contribution in [0.5, 0.6) is 0 Å². The zero-order valence-corrected chi connectivity index (χ0v) is 13.6. The van der Waals surface area contributed by atoms with Crippen molar-refractivity contribution < 1.29 is 0 Å². The second-order valence-corrected chi connectivity index (χ2v) is 5.69. The molecule has 4 aromatic rings. The maximum absolute atomic E-state index is 5.88. The maximum atomic E-state index is 5.88. The number of anilines is 1. The van der Waals surface area contributed by atoms with Gasteiger partial charge in [-0.05, 0) is 17.7 Å². The molecule has 4 rings (SSSR count). The van der Waals surface area contributed by atoms with Crippen molar-refractivity contribution in [3.8, 4) is 22.5 Å². The van der Waals surface area contributed by atoms with Crippen molar-refractivity contribution in [3.63, 3.8) is 0 Å². The van der Waals surface area contributed by atoms with Crippen LogP contribution in [0.3, 0.4) is 0 Å². The average molecular weight is 324 g/mol. The van der Waals surface area contributed by atoms with Crippen molar-refractivity contribution in [2.75, 3.05) is 5.73 Å². The van der Waals surface area contributed by atoms with Gasteiger partial charge in [0, 0.05) is 11.1 Å². The molecule has 0 aliphatic rings. The lowest BCUT2D eigenvalue weighted by atomic mass is 10.1. The lowest BCUT2D eigenvalue weighted by molar-refractivity contribution is 1.21. The minimum Gasteiger partial charge on any atom is -0.368 e. The van der Waals surface area contributed by atoms with Crippen molar-refractivity contribution in [3.05, 3.63) is 78.9 Å². The number of aromatic nitrogens is 3. The highest BCUT2D eigenvalue weighted by atomic mass is 15.0. The molecule has 120 valence electrons. The van der Waals surface area contributed by atoms with Gasteiger partial charge in [-0.2, -0.15) is 0 Å². The molecule has 2 heterocycles. The van der Waals surface area contributed by atoms with Gasteiger partial charge >= 0.3 is 0 Å². The Balaban J connectivity index is 1.92. The Morgan fingerprint density at radius 2 is 1.52 bits per heavy atom. The number of hydrogen-bond acceptors (Lipinski definition) is 4. The molecule has 0 aliphatic carbocycles. The number of nitrogens with two attached hydrogens (primary N) is 1. The van der Waals surface area contributed by atoms with Crippen LogP contribution in [0.1, 0.15) is 5.56 Å². The molecule has 0 radical (unpaired) electrons. The molecule has 0 bridgehead atoms. The van der Waals surface area contributed by atoms with Gasteiger partial charge in [-0.3, -0.25) is 0 Å². The quantitative estimate of drug-likeness (QED) is 0.599. The minimum absolute atomic E-state index is 0.247. The molecule has 2 N–H and O–H groups in total. The summed E-state index contributed by atoms with van der Waals surface area (Å²) in [7, 11) is 0. The summed E-state index contributed by atoms with van der Waals surface area (Å²) in [5, 5.41) is 0. The highest BCUT2D eigenvalue weighted by molar-refractivity contribution is 5.91. The van der Waals surface area contributed by atoms with Crippen molar-refractivity contribution in [1.29, 1.82) is 0 Å². The molecule has 2 aromatic heterocycles. The van der Waals surface area contributed by atoms with Crippen molar-refractivity contribution >= 4 is 23.1 Å². The summed E-state index contributed by atoms with van der Waals surface area (Å²) >= 11 is 0. The predicted octanol–water partition coefficient (Wildman–Crippen LogP) is 4.58. The van der Waals surface area contributed by atoms with Gasteiger partial charge in [0.1, 0.15) is 11.2 Å². The van der Waals surface area contributed by atoms with Gasteiger partial charge in [-0.15, -0.1) is 0 Å². The monoisotopic (exact) mass is 324 g/mol. The molecule has 0 atom stereocenters. The van der Waals surface area contributed by atoms with Gasteiger partial charge in [-0.25, -0.2) is 15.0 Å². The SMILES string of the molecule is C=Cc1ccc(-c2ccc3nc(N)nc(-c4ccccc4)c3n2)cc1. The summed E-state index contributed by atoms with van der Waals surface area (Å²) in [6.45, 7) is 3.78. The highest BCUT2D eigenvalue weighted by Gasteiger charge is 2.11. The molecule has 0 spiro atoms. The Morgan fingerprint density at radius 1 is 0.760 bits per heavy atom. The summed E-state index contributed by atoms with van der Waals surface area (Å²) in [5.41, 5.74) is 12.0. The zero-order chi connectivity index (χ0) is 17.2. The van der Waals surface area contributed by atoms with Crippen LogP contribution >= 0.6 is 0 Å². The Bertz CT molecular complexity index is 1050. The first-order chi connectivity index (χ1) is 12.2. The van der Waals surface area contributed by atoms with E-state index in [1.54, 1.807) is 0 Å². The van der Waals surface area contributed by atoms with Crippen LogP contribution in [0.2, 0.25) is 0 Å².